The van der Waals surface area contributed by atoms with Crippen LogP contribution >= 0.6 is 11.3 Å². The number of aromatic nitrogens is 1. The first-order chi connectivity index (χ1) is 13.6. The average Bonchev–Trinajstić information content (AvgIpc) is 3.13. The number of benzene rings is 2. The molecular formula is C20H20N4O3S. The van der Waals surface area contributed by atoms with Gasteiger partial charge in [-0.3, -0.25) is 20.4 Å². The third-order valence-electron chi connectivity index (χ3n) is 4.59. The first-order valence-corrected chi connectivity index (χ1v) is 9.84. The van der Waals surface area contributed by atoms with Gasteiger partial charge in [0.2, 0.25) is 5.91 Å². The lowest BCUT2D eigenvalue weighted by Gasteiger charge is -2.24. The van der Waals surface area contributed by atoms with Gasteiger partial charge in [-0.25, -0.2) is 4.98 Å². The maximum absolute atomic E-state index is 12.4. The molecule has 3 aromatic rings. The smallest absolute Gasteiger partial charge is 0.260 e. The SMILES string of the molecule is C[C@H](Nc1nc2ccccc2s1)C(=O)NNC(=O)[C@H]1COc2ccccc2C1. The molecule has 28 heavy (non-hydrogen) atoms. The largest absolute Gasteiger partial charge is 0.492 e. The van der Waals surface area contributed by atoms with E-state index in [4.69, 9.17) is 4.74 Å². The Kier molecular flexibility index (Phi) is 5.12. The molecule has 1 aromatic heterocycles. The maximum atomic E-state index is 12.4. The van der Waals surface area contributed by atoms with Gasteiger partial charge in [0, 0.05) is 0 Å². The molecule has 2 aromatic carbocycles. The summed E-state index contributed by atoms with van der Waals surface area (Å²) in [6, 6.07) is 14.9. The highest BCUT2D eigenvalue weighted by Crippen LogP contribution is 2.27. The van der Waals surface area contributed by atoms with E-state index < -0.39 is 6.04 Å². The van der Waals surface area contributed by atoms with E-state index in [9.17, 15) is 9.59 Å². The second-order valence-corrected chi connectivity index (χ2v) is 7.68. The van der Waals surface area contributed by atoms with Crippen molar-refractivity contribution in [2.75, 3.05) is 11.9 Å². The normalized spacial score (nSPS) is 16.5. The standard InChI is InChI=1S/C20H20N4O3S/c1-12(21-20-22-15-7-3-5-9-17(15)28-20)18(25)23-24-19(26)14-10-13-6-2-4-8-16(13)27-11-14/h2-9,12,14H,10-11H2,1H3,(H,21,22)(H,23,25)(H,24,26)/t12-,14+/m0/s1. The summed E-state index contributed by atoms with van der Waals surface area (Å²) < 4.78 is 6.67. The molecule has 0 aliphatic carbocycles. The summed E-state index contributed by atoms with van der Waals surface area (Å²) in [7, 11) is 0. The zero-order valence-corrected chi connectivity index (χ0v) is 16.1. The number of hydrazine groups is 1. The van der Waals surface area contributed by atoms with Crippen LogP contribution in [0, 0.1) is 5.92 Å². The molecule has 0 saturated heterocycles. The van der Waals surface area contributed by atoms with Gasteiger partial charge in [-0.1, -0.05) is 41.7 Å². The highest BCUT2D eigenvalue weighted by molar-refractivity contribution is 7.22. The van der Waals surface area contributed by atoms with Crippen LogP contribution in [0.2, 0.25) is 0 Å². The Morgan fingerprint density at radius 3 is 2.79 bits per heavy atom. The molecule has 3 N–H and O–H groups in total. The van der Waals surface area contributed by atoms with Gasteiger partial charge in [0.1, 0.15) is 18.4 Å². The highest BCUT2D eigenvalue weighted by atomic mass is 32.1. The summed E-state index contributed by atoms with van der Waals surface area (Å²) in [4.78, 5) is 29.1. The fraction of sp³-hybridized carbons (Fsp3) is 0.250. The first kappa shape index (κ1) is 18.2. The fourth-order valence-corrected chi connectivity index (χ4v) is 3.97. The van der Waals surface area contributed by atoms with Gasteiger partial charge in [0.15, 0.2) is 5.13 Å². The van der Waals surface area contributed by atoms with E-state index in [1.165, 1.54) is 11.3 Å². The highest BCUT2D eigenvalue weighted by Gasteiger charge is 2.26. The molecule has 2 heterocycles. The molecule has 2 atom stereocenters. The van der Waals surface area contributed by atoms with Crippen molar-refractivity contribution in [3.8, 4) is 5.75 Å². The molecule has 1 aliphatic rings. The Morgan fingerprint density at radius 2 is 1.93 bits per heavy atom. The van der Waals surface area contributed by atoms with Gasteiger partial charge in [-0.2, -0.15) is 0 Å². The molecule has 0 unspecified atom stereocenters. The number of rotatable bonds is 4. The van der Waals surface area contributed by atoms with Crippen LogP contribution in [0.1, 0.15) is 12.5 Å². The quantitative estimate of drug-likeness (QED) is 0.590. The number of hydrogen-bond donors (Lipinski definition) is 3. The predicted octanol–water partition coefficient (Wildman–Crippen LogP) is 2.50. The first-order valence-electron chi connectivity index (χ1n) is 9.02. The van der Waals surface area contributed by atoms with E-state index in [2.05, 4.69) is 21.2 Å². The number of thiazole rings is 1. The Labute approximate surface area is 166 Å². The van der Waals surface area contributed by atoms with E-state index in [1.807, 2.05) is 48.5 Å². The van der Waals surface area contributed by atoms with Crippen LogP contribution in [0.3, 0.4) is 0 Å². The maximum Gasteiger partial charge on any atom is 0.260 e. The van der Waals surface area contributed by atoms with Gasteiger partial charge in [-0.15, -0.1) is 0 Å². The van der Waals surface area contributed by atoms with Gasteiger partial charge in [-0.05, 0) is 37.1 Å². The second-order valence-electron chi connectivity index (χ2n) is 6.65. The third kappa shape index (κ3) is 3.91. The van der Waals surface area contributed by atoms with Crippen LogP contribution in [0.4, 0.5) is 5.13 Å². The van der Waals surface area contributed by atoms with Gasteiger partial charge in [0.25, 0.3) is 5.91 Å². The van der Waals surface area contributed by atoms with E-state index in [0.29, 0.717) is 11.6 Å². The van der Waals surface area contributed by atoms with Gasteiger partial charge < -0.3 is 10.1 Å². The summed E-state index contributed by atoms with van der Waals surface area (Å²) in [6.45, 7) is 2.01. The van der Waals surface area contributed by atoms with E-state index >= 15 is 0 Å². The Bertz CT molecular complexity index is 986. The fourth-order valence-electron chi connectivity index (χ4n) is 3.01. The summed E-state index contributed by atoms with van der Waals surface area (Å²) in [5, 5.41) is 3.73. The topological polar surface area (TPSA) is 92.4 Å². The Balaban J connectivity index is 1.29. The number of carbonyl (C=O) groups excluding carboxylic acids is 2. The number of ether oxygens (including phenoxy) is 1. The third-order valence-corrected chi connectivity index (χ3v) is 5.55. The van der Waals surface area contributed by atoms with Crippen molar-refractivity contribution in [2.45, 2.75) is 19.4 Å². The minimum Gasteiger partial charge on any atom is -0.492 e. The van der Waals surface area contributed by atoms with Crippen molar-refractivity contribution in [1.82, 2.24) is 15.8 Å². The number of amides is 2. The zero-order chi connectivity index (χ0) is 19.5. The van der Waals surface area contributed by atoms with Gasteiger partial charge in [0.05, 0.1) is 16.1 Å². The lowest BCUT2D eigenvalue weighted by molar-refractivity contribution is -0.132. The van der Waals surface area contributed by atoms with Crippen molar-refractivity contribution in [1.29, 1.82) is 0 Å². The minimum absolute atomic E-state index is 0.268. The molecule has 4 rings (SSSR count). The van der Waals surface area contributed by atoms with Crippen molar-refractivity contribution < 1.29 is 14.3 Å². The number of nitrogens with zero attached hydrogens (tertiary/aromatic N) is 1. The summed E-state index contributed by atoms with van der Waals surface area (Å²) in [5.74, 6) is -0.147. The van der Waals surface area contributed by atoms with Crippen molar-refractivity contribution in [3.63, 3.8) is 0 Å². The summed E-state index contributed by atoms with van der Waals surface area (Å²) in [5.41, 5.74) is 6.85. The zero-order valence-electron chi connectivity index (χ0n) is 15.3. The number of fused-ring (bicyclic) bond motifs is 2. The lowest BCUT2D eigenvalue weighted by Crippen LogP contribution is -2.50. The Hall–Kier alpha value is -3.13. The number of anilines is 1. The monoisotopic (exact) mass is 396 g/mol. The molecule has 144 valence electrons. The molecule has 1 aliphatic heterocycles. The predicted molar refractivity (Wildman–Crippen MR) is 108 cm³/mol. The number of nitrogens with one attached hydrogen (secondary N) is 3. The van der Waals surface area contributed by atoms with Crippen LogP contribution in [-0.4, -0.2) is 29.4 Å². The van der Waals surface area contributed by atoms with Crippen molar-refractivity contribution >= 4 is 38.5 Å². The van der Waals surface area contributed by atoms with Crippen LogP contribution in [-0.2, 0) is 16.0 Å². The lowest BCUT2D eigenvalue weighted by atomic mass is 9.96. The molecule has 0 bridgehead atoms. The number of para-hydroxylation sites is 2. The molecule has 8 heteroatoms. The van der Waals surface area contributed by atoms with Crippen LogP contribution in [0.15, 0.2) is 48.5 Å². The molecule has 2 amide bonds. The number of hydrogen-bond acceptors (Lipinski definition) is 6. The van der Waals surface area contributed by atoms with E-state index in [1.54, 1.807) is 6.92 Å². The minimum atomic E-state index is -0.552. The van der Waals surface area contributed by atoms with Crippen LogP contribution < -0.4 is 20.9 Å². The number of carbonyl (C=O) groups is 2. The van der Waals surface area contributed by atoms with Crippen molar-refractivity contribution in [3.05, 3.63) is 54.1 Å². The van der Waals surface area contributed by atoms with E-state index in [-0.39, 0.29) is 24.3 Å². The van der Waals surface area contributed by atoms with Crippen molar-refractivity contribution in [2.24, 2.45) is 5.92 Å². The van der Waals surface area contributed by atoms with Gasteiger partial charge >= 0.3 is 0 Å². The van der Waals surface area contributed by atoms with Crippen LogP contribution in [0.5, 0.6) is 5.75 Å². The second kappa shape index (κ2) is 7.85. The van der Waals surface area contributed by atoms with Crippen LogP contribution in [0.25, 0.3) is 10.2 Å². The molecule has 7 nitrogen and oxygen atoms in total. The summed E-state index contributed by atoms with van der Waals surface area (Å²) >= 11 is 1.48. The molecular weight excluding hydrogens is 376 g/mol. The average molecular weight is 396 g/mol. The molecule has 0 radical (unpaired) electrons. The molecule has 0 saturated carbocycles. The molecule has 0 fully saturated rings. The summed E-state index contributed by atoms with van der Waals surface area (Å²) in [6.07, 6.45) is 0.581. The Morgan fingerprint density at radius 1 is 1.14 bits per heavy atom. The molecule has 0 spiro atoms. The van der Waals surface area contributed by atoms with E-state index in [0.717, 1.165) is 21.5 Å².